The minimum absolute atomic E-state index is 0.0373. The highest BCUT2D eigenvalue weighted by atomic mass is 16.4. The summed E-state index contributed by atoms with van der Waals surface area (Å²) in [5.74, 6) is -0.460. The standard InChI is InChI=1S/C24H30N4O5/c1-2-3-6-21-25-15-19(28(21)16-17-7-9-18(10-8-17)23(31)32)11-12-20-22(30)26-24(33)27(20)13-4-5-14-29/h7-10,12,15,29H,2-6,11,13-14,16H2,1H3,(H,31,32)(H,26,30,33). The molecule has 2 heterocycles. The Labute approximate surface area is 192 Å². The largest absolute Gasteiger partial charge is 0.478 e. The monoisotopic (exact) mass is 454 g/mol. The van der Waals surface area contributed by atoms with Crippen molar-refractivity contribution < 1.29 is 24.6 Å². The third-order valence-electron chi connectivity index (χ3n) is 5.60. The second kappa shape index (κ2) is 11.4. The van der Waals surface area contributed by atoms with Crippen LogP contribution < -0.4 is 5.32 Å². The molecule has 9 nitrogen and oxygen atoms in total. The van der Waals surface area contributed by atoms with Crippen LogP contribution in [0.3, 0.4) is 0 Å². The molecule has 1 fully saturated rings. The zero-order chi connectivity index (χ0) is 23.8. The molecule has 176 valence electrons. The van der Waals surface area contributed by atoms with Crippen molar-refractivity contribution in [2.24, 2.45) is 0 Å². The number of carbonyl (C=O) groups is 3. The maximum absolute atomic E-state index is 12.3. The second-order valence-electron chi connectivity index (χ2n) is 7.99. The molecule has 1 aliphatic rings. The van der Waals surface area contributed by atoms with Crippen LogP contribution in [0, 0.1) is 0 Å². The average Bonchev–Trinajstić information content (AvgIpc) is 3.30. The lowest BCUT2D eigenvalue weighted by molar-refractivity contribution is -0.116. The topological polar surface area (TPSA) is 125 Å². The number of carbonyl (C=O) groups excluding carboxylic acids is 2. The molecule has 33 heavy (non-hydrogen) atoms. The number of aromatic carboxylic acids is 1. The number of hydrogen-bond acceptors (Lipinski definition) is 5. The smallest absolute Gasteiger partial charge is 0.335 e. The van der Waals surface area contributed by atoms with E-state index >= 15 is 0 Å². The summed E-state index contributed by atoms with van der Waals surface area (Å²) in [5, 5.41) is 20.4. The number of hydrogen-bond donors (Lipinski definition) is 3. The quantitative estimate of drug-likeness (QED) is 0.257. The van der Waals surface area contributed by atoms with Crippen LogP contribution in [0.5, 0.6) is 0 Å². The molecule has 1 saturated heterocycles. The number of rotatable bonds is 12. The number of aromatic nitrogens is 2. The minimum atomic E-state index is -0.965. The summed E-state index contributed by atoms with van der Waals surface area (Å²) in [4.78, 5) is 41.6. The van der Waals surface area contributed by atoms with Crippen LogP contribution in [-0.4, -0.2) is 55.7 Å². The first-order chi connectivity index (χ1) is 15.9. The number of imide groups is 1. The molecular weight excluding hydrogens is 424 g/mol. The highest BCUT2D eigenvalue weighted by Crippen LogP contribution is 2.18. The molecule has 9 heteroatoms. The van der Waals surface area contributed by atoms with E-state index in [1.165, 1.54) is 4.90 Å². The Morgan fingerprint density at radius 1 is 1.15 bits per heavy atom. The molecule has 0 radical (unpaired) electrons. The molecule has 0 unspecified atom stereocenters. The summed E-state index contributed by atoms with van der Waals surface area (Å²) >= 11 is 0. The number of aliphatic hydroxyl groups is 1. The van der Waals surface area contributed by atoms with Gasteiger partial charge in [-0.1, -0.05) is 25.5 Å². The highest BCUT2D eigenvalue weighted by molar-refractivity contribution is 6.11. The molecule has 3 rings (SSSR count). The number of unbranched alkanes of at least 4 members (excludes halogenated alkanes) is 2. The van der Waals surface area contributed by atoms with Crippen LogP contribution in [0.1, 0.15) is 60.0 Å². The highest BCUT2D eigenvalue weighted by Gasteiger charge is 2.32. The van der Waals surface area contributed by atoms with Gasteiger partial charge in [0, 0.05) is 44.4 Å². The van der Waals surface area contributed by atoms with E-state index in [4.69, 9.17) is 10.2 Å². The summed E-state index contributed by atoms with van der Waals surface area (Å²) in [6.45, 7) is 3.05. The Kier molecular flexibility index (Phi) is 8.37. The predicted molar refractivity (Wildman–Crippen MR) is 122 cm³/mol. The molecule has 0 aliphatic carbocycles. The summed E-state index contributed by atoms with van der Waals surface area (Å²) in [7, 11) is 0. The van der Waals surface area contributed by atoms with Crippen molar-refractivity contribution in [1.29, 1.82) is 0 Å². The Bertz CT molecular complexity index is 1030. The van der Waals surface area contributed by atoms with E-state index in [1.807, 2.05) is 0 Å². The fourth-order valence-corrected chi connectivity index (χ4v) is 3.75. The van der Waals surface area contributed by atoms with E-state index in [0.29, 0.717) is 38.0 Å². The van der Waals surface area contributed by atoms with Gasteiger partial charge in [0.05, 0.1) is 5.56 Å². The number of benzene rings is 1. The van der Waals surface area contributed by atoms with Gasteiger partial charge in [-0.2, -0.15) is 0 Å². The Morgan fingerprint density at radius 3 is 2.58 bits per heavy atom. The Hall–Kier alpha value is -3.46. The summed E-state index contributed by atoms with van der Waals surface area (Å²) in [5.41, 5.74) is 2.40. The molecule has 0 spiro atoms. The first kappa shape index (κ1) is 24.2. The van der Waals surface area contributed by atoms with Gasteiger partial charge in [0.2, 0.25) is 0 Å². The van der Waals surface area contributed by atoms with Gasteiger partial charge in [-0.25, -0.2) is 14.6 Å². The number of urea groups is 1. The van der Waals surface area contributed by atoms with Crippen molar-refractivity contribution in [2.75, 3.05) is 13.2 Å². The third-order valence-corrected chi connectivity index (χ3v) is 5.60. The van der Waals surface area contributed by atoms with Crippen LogP contribution in [0.4, 0.5) is 4.79 Å². The summed E-state index contributed by atoms with van der Waals surface area (Å²) < 4.78 is 2.09. The maximum atomic E-state index is 12.3. The molecule has 3 N–H and O–H groups in total. The first-order valence-electron chi connectivity index (χ1n) is 11.2. The summed E-state index contributed by atoms with van der Waals surface area (Å²) in [6.07, 6.45) is 7.93. The SMILES string of the molecule is CCCCc1ncc(CC=C2C(=O)NC(=O)N2CCCCO)n1Cc1ccc(C(=O)O)cc1. The van der Waals surface area contributed by atoms with Crippen LogP contribution in [-0.2, 0) is 24.2 Å². The van der Waals surface area contributed by atoms with Gasteiger partial charge in [0.25, 0.3) is 5.91 Å². The van der Waals surface area contributed by atoms with Crippen LogP contribution >= 0.6 is 0 Å². The normalized spacial score (nSPS) is 14.8. The fourth-order valence-electron chi connectivity index (χ4n) is 3.75. The second-order valence-corrected chi connectivity index (χ2v) is 7.99. The lowest BCUT2D eigenvalue weighted by atomic mass is 10.1. The van der Waals surface area contributed by atoms with Crippen molar-refractivity contribution in [3.8, 4) is 0 Å². The van der Waals surface area contributed by atoms with Crippen molar-refractivity contribution in [3.05, 3.63) is 64.9 Å². The number of aliphatic hydroxyl groups excluding tert-OH is 1. The zero-order valence-corrected chi connectivity index (χ0v) is 18.8. The molecule has 1 aromatic heterocycles. The van der Waals surface area contributed by atoms with Gasteiger partial charge in [-0.05, 0) is 43.0 Å². The molecule has 3 amide bonds. The lowest BCUT2D eigenvalue weighted by Gasteiger charge is -2.15. The zero-order valence-electron chi connectivity index (χ0n) is 18.8. The molecule has 1 aliphatic heterocycles. The molecule has 0 bridgehead atoms. The van der Waals surface area contributed by atoms with Gasteiger partial charge in [0.1, 0.15) is 11.5 Å². The number of aryl methyl sites for hydroxylation is 1. The van der Waals surface area contributed by atoms with E-state index in [2.05, 4.69) is 21.8 Å². The Balaban J connectivity index is 1.83. The van der Waals surface area contributed by atoms with Gasteiger partial charge >= 0.3 is 12.0 Å². The Morgan fingerprint density at radius 2 is 1.91 bits per heavy atom. The maximum Gasteiger partial charge on any atom is 0.335 e. The van der Waals surface area contributed by atoms with Crippen molar-refractivity contribution in [2.45, 2.75) is 52.0 Å². The van der Waals surface area contributed by atoms with Crippen LogP contribution in [0.25, 0.3) is 0 Å². The molecule has 0 saturated carbocycles. The van der Waals surface area contributed by atoms with Crippen LogP contribution in [0.15, 0.2) is 42.2 Å². The van der Waals surface area contributed by atoms with Crippen molar-refractivity contribution in [1.82, 2.24) is 19.8 Å². The van der Waals surface area contributed by atoms with E-state index in [0.717, 1.165) is 36.3 Å². The average molecular weight is 455 g/mol. The number of allylic oxidation sites excluding steroid dienone is 1. The number of nitrogens with one attached hydrogen (secondary N) is 1. The van der Waals surface area contributed by atoms with E-state index in [1.54, 1.807) is 36.5 Å². The first-order valence-corrected chi connectivity index (χ1v) is 11.2. The number of nitrogens with zero attached hydrogens (tertiary/aromatic N) is 3. The minimum Gasteiger partial charge on any atom is -0.478 e. The van der Waals surface area contributed by atoms with Gasteiger partial charge in [0.15, 0.2) is 0 Å². The molecule has 0 atom stereocenters. The van der Waals surface area contributed by atoms with E-state index in [9.17, 15) is 14.4 Å². The number of imidazole rings is 1. The molecule has 2 aromatic rings. The van der Waals surface area contributed by atoms with E-state index in [-0.39, 0.29) is 12.2 Å². The van der Waals surface area contributed by atoms with Gasteiger partial charge < -0.3 is 14.8 Å². The fraction of sp³-hybridized carbons (Fsp3) is 0.417. The van der Waals surface area contributed by atoms with Crippen LogP contribution in [0.2, 0.25) is 0 Å². The number of amides is 3. The van der Waals surface area contributed by atoms with Gasteiger partial charge in [-0.15, -0.1) is 0 Å². The molecular formula is C24H30N4O5. The predicted octanol–water partition coefficient (Wildman–Crippen LogP) is 2.72. The molecule has 1 aromatic carbocycles. The van der Waals surface area contributed by atoms with Crippen molar-refractivity contribution in [3.63, 3.8) is 0 Å². The van der Waals surface area contributed by atoms with E-state index < -0.39 is 17.9 Å². The number of carboxylic acids is 1. The van der Waals surface area contributed by atoms with Gasteiger partial charge in [-0.3, -0.25) is 15.0 Å². The number of carboxylic acid groups (broad SMARTS) is 1. The van der Waals surface area contributed by atoms with Crippen molar-refractivity contribution >= 4 is 17.9 Å². The third kappa shape index (κ3) is 6.07. The lowest BCUT2D eigenvalue weighted by Crippen LogP contribution is -2.28. The summed E-state index contributed by atoms with van der Waals surface area (Å²) in [6, 6.07) is 6.31.